The molecule has 1 aliphatic rings. The van der Waals surface area contributed by atoms with E-state index in [1.165, 1.54) is 12.8 Å². The van der Waals surface area contributed by atoms with Crippen LogP contribution in [0, 0.1) is 13.8 Å². The summed E-state index contributed by atoms with van der Waals surface area (Å²) in [7, 11) is 1.63. The third-order valence-corrected chi connectivity index (χ3v) is 3.26. The summed E-state index contributed by atoms with van der Waals surface area (Å²) >= 11 is 0. The van der Waals surface area contributed by atoms with Crippen LogP contribution in [0.1, 0.15) is 30.4 Å². The van der Waals surface area contributed by atoms with Crippen molar-refractivity contribution in [2.75, 3.05) is 19.0 Å². The Morgan fingerprint density at radius 2 is 2.11 bits per heavy atom. The van der Waals surface area contributed by atoms with Crippen molar-refractivity contribution in [2.24, 2.45) is 0 Å². The van der Waals surface area contributed by atoms with Crippen molar-refractivity contribution in [2.45, 2.75) is 39.2 Å². The fourth-order valence-corrected chi connectivity index (χ4v) is 2.21. The molecule has 1 aliphatic carbocycles. The maximum atomic E-state index is 11.9. The zero-order valence-electron chi connectivity index (χ0n) is 11.9. The number of rotatable bonds is 6. The number of carbonyl (C=O) groups excluding carboxylic acids is 1. The molecule has 19 heavy (non-hydrogen) atoms. The summed E-state index contributed by atoms with van der Waals surface area (Å²) in [5, 5.41) is 6.27. The van der Waals surface area contributed by atoms with Gasteiger partial charge in [-0.1, -0.05) is 6.07 Å². The van der Waals surface area contributed by atoms with Crippen molar-refractivity contribution in [3.05, 3.63) is 23.3 Å². The normalized spacial score (nSPS) is 14.3. The number of carbonyl (C=O) groups is 1. The van der Waals surface area contributed by atoms with Gasteiger partial charge in [0.2, 0.25) is 5.91 Å². The number of anilines is 1. The van der Waals surface area contributed by atoms with Crippen molar-refractivity contribution in [3.8, 4) is 5.75 Å². The molecule has 0 radical (unpaired) electrons. The zero-order chi connectivity index (χ0) is 13.8. The Balaban J connectivity index is 1.94. The topological polar surface area (TPSA) is 50.4 Å². The van der Waals surface area contributed by atoms with Crippen LogP contribution in [-0.2, 0) is 4.79 Å². The van der Waals surface area contributed by atoms with Crippen molar-refractivity contribution < 1.29 is 9.53 Å². The van der Waals surface area contributed by atoms with E-state index in [0.29, 0.717) is 12.5 Å². The Bertz CT molecular complexity index is 467. The molecule has 0 unspecified atom stereocenters. The largest absolute Gasteiger partial charge is 0.494 e. The standard InChI is InChI=1S/C15H22N2O2/c1-10-8-11(2)15(19-3)13(9-10)17-14(18)6-7-16-12-4-5-12/h8-9,12,16H,4-7H2,1-3H3,(H,17,18). The second-order valence-electron chi connectivity index (χ2n) is 5.19. The van der Waals surface area contributed by atoms with Gasteiger partial charge in [0.05, 0.1) is 12.8 Å². The highest BCUT2D eigenvalue weighted by Gasteiger charge is 2.20. The van der Waals surface area contributed by atoms with Crippen LogP contribution in [0.25, 0.3) is 0 Å². The van der Waals surface area contributed by atoms with E-state index in [1.54, 1.807) is 7.11 Å². The molecule has 1 fully saturated rings. The number of aryl methyl sites for hydroxylation is 2. The van der Waals surface area contributed by atoms with Gasteiger partial charge in [-0.05, 0) is 43.9 Å². The Morgan fingerprint density at radius 3 is 2.74 bits per heavy atom. The van der Waals surface area contributed by atoms with Crippen molar-refractivity contribution in [1.82, 2.24) is 5.32 Å². The number of nitrogens with one attached hydrogen (secondary N) is 2. The van der Waals surface area contributed by atoms with Gasteiger partial charge in [0, 0.05) is 19.0 Å². The summed E-state index contributed by atoms with van der Waals surface area (Å²) in [6, 6.07) is 4.63. The smallest absolute Gasteiger partial charge is 0.225 e. The highest BCUT2D eigenvalue weighted by atomic mass is 16.5. The van der Waals surface area contributed by atoms with Gasteiger partial charge < -0.3 is 15.4 Å². The maximum absolute atomic E-state index is 11.9. The van der Waals surface area contributed by atoms with Gasteiger partial charge in [-0.3, -0.25) is 4.79 Å². The lowest BCUT2D eigenvalue weighted by Crippen LogP contribution is -2.23. The predicted molar refractivity (Wildman–Crippen MR) is 76.7 cm³/mol. The summed E-state index contributed by atoms with van der Waals surface area (Å²) in [5.74, 6) is 0.769. The lowest BCUT2D eigenvalue weighted by molar-refractivity contribution is -0.116. The fourth-order valence-electron chi connectivity index (χ4n) is 2.21. The minimum atomic E-state index is 0.0245. The number of hydrogen-bond donors (Lipinski definition) is 2. The quantitative estimate of drug-likeness (QED) is 0.827. The first-order chi connectivity index (χ1) is 9.10. The van der Waals surface area contributed by atoms with E-state index >= 15 is 0 Å². The molecule has 1 saturated carbocycles. The van der Waals surface area contributed by atoms with Gasteiger partial charge in [0.1, 0.15) is 5.75 Å². The average Bonchev–Trinajstić information content (AvgIpc) is 3.12. The molecule has 0 atom stereocenters. The lowest BCUT2D eigenvalue weighted by atomic mass is 10.1. The summed E-state index contributed by atoms with van der Waals surface area (Å²) in [6.07, 6.45) is 2.98. The Morgan fingerprint density at radius 1 is 1.37 bits per heavy atom. The molecule has 1 aromatic rings. The van der Waals surface area contributed by atoms with E-state index in [4.69, 9.17) is 4.74 Å². The van der Waals surface area contributed by atoms with Gasteiger partial charge in [-0.25, -0.2) is 0 Å². The van der Waals surface area contributed by atoms with E-state index in [0.717, 1.165) is 29.1 Å². The summed E-state index contributed by atoms with van der Waals surface area (Å²) in [4.78, 5) is 11.9. The zero-order valence-corrected chi connectivity index (χ0v) is 11.9. The SMILES string of the molecule is COc1c(C)cc(C)cc1NC(=O)CCNC1CC1. The molecule has 1 amide bonds. The second-order valence-corrected chi connectivity index (χ2v) is 5.19. The molecule has 104 valence electrons. The Kier molecular flexibility index (Phi) is 4.43. The van der Waals surface area contributed by atoms with Crippen LogP contribution in [-0.4, -0.2) is 25.6 Å². The van der Waals surface area contributed by atoms with Gasteiger partial charge in [-0.15, -0.1) is 0 Å². The first-order valence-corrected chi connectivity index (χ1v) is 6.78. The molecule has 2 N–H and O–H groups in total. The predicted octanol–water partition coefficient (Wildman–Crippen LogP) is 2.39. The van der Waals surface area contributed by atoms with E-state index in [9.17, 15) is 4.79 Å². The summed E-state index contributed by atoms with van der Waals surface area (Å²) < 4.78 is 5.35. The highest BCUT2D eigenvalue weighted by Crippen LogP contribution is 2.29. The van der Waals surface area contributed by atoms with Crippen LogP contribution >= 0.6 is 0 Å². The van der Waals surface area contributed by atoms with Crippen LogP contribution < -0.4 is 15.4 Å². The minimum Gasteiger partial charge on any atom is -0.494 e. The van der Waals surface area contributed by atoms with Crippen molar-refractivity contribution >= 4 is 11.6 Å². The molecule has 4 heteroatoms. The molecule has 0 saturated heterocycles. The van der Waals surface area contributed by atoms with Crippen LogP contribution in [0.4, 0.5) is 5.69 Å². The van der Waals surface area contributed by atoms with E-state index in [1.807, 2.05) is 26.0 Å². The number of benzene rings is 1. The molecule has 0 aromatic heterocycles. The number of methoxy groups -OCH3 is 1. The van der Waals surface area contributed by atoms with E-state index in [2.05, 4.69) is 10.6 Å². The molecule has 0 aliphatic heterocycles. The molecule has 1 aromatic carbocycles. The molecular weight excluding hydrogens is 240 g/mol. The first kappa shape index (κ1) is 13.9. The lowest BCUT2D eigenvalue weighted by Gasteiger charge is -2.14. The number of ether oxygens (including phenoxy) is 1. The van der Waals surface area contributed by atoms with E-state index < -0.39 is 0 Å². The average molecular weight is 262 g/mol. The molecule has 0 bridgehead atoms. The first-order valence-electron chi connectivity index (χ1n) is 6.78. The molecular formula is C15H22N2O2. The van der Waals surface area contributed by atoms with Gasteiger partial charge in [-0.2, -0.15) is 0 Å². The molecule has 0 spiro atoms. The summed E-state index contributed by atoms with van der Waals surface area (Å²) in [6.45, 7) is 4.73. The highest BCUT2D eigenvalue weighted by molar-refractivity contribution is 5.92. The van der Waals surface area contributed by atoms with Gasteiger partial charge in [0.15, 0.2) is 0 Å². The fraction of sp³-hybridized carbons (Fsp3) is 0.533. The Hall–Kier alpha value is -1.55. The van der Waals surface area contributed by atoms with E-state index in [-0.39, 0.29) is 5.91 Å². The third kappa shape index (κ3) is 3.96. The van der Waals surface area contributed by atoms with Crippen LogP contribution in [0.5, 0.6) is 5.75 Å². The summed E-state index contributed by atoms with van der Waals surface area (Å²) in [5.41, 5.74) is 2.91. The third-order valence-electron chi connectivity index (χ3n) is 3.26. The maximum Gasteiger partial charge on any atom is 0.225 e. The van der Waals surface area contributed by atoms with Crippen LogP contribution in [0.3, 0.4) is 0 Å². The number of hydrogen-bond acceptors (Lipinski definition) is 3. The van der Waals surface area contributed by atoms with Crippen LogP contribution in [0.15, 0.2) is 12.1 Å². The minimum absolute atomic E-state index is 0.0245. The van der Waals surface area contributed by atoms with Crippen molar-refractivity contribution in [1.29, 1.82) is 0 Å². The Labute approximate surface area is 114 Å². The monoisotopic (exact) mass is 262 g/mol. The molecule has 4 nitrogen and oxygen atoms in total. The molecule has 0 heterocycles. The van der Waals surface area contributed by atoms with Gasteiger partial charge in [0.25, 0.3) is 0 Å². The number of amides is 1. The van der Waals surface area contributed by atoms with Crippen LogP contribution in [0.2, 0.25) is 0 Å². The van der Waals surface area contributed by atoms with Gasteiger partial charge >= 0.3 is 0 Å². The van der Waals surface area contributed by atoms with Crippen molar-refractivity contribution in [3.63, 3.8) is 0 Å². The molecule has 2 rings (SSSR count). The second kappa shape index (κ2) is 6.06.